The largest absolute Gasteiger partial charge is 0.351 e. The van der Waals surface area contributed by atoms with Crippen LogP contribution < -0.4 is 10.6 Å². The Morgan fingerprint density at radius 1 is 1.22 bits per heavy atom. The molecule has 0 aromatic carbocycles. The molecule has 1 aliphatic rings. The maximum atomic E-state index is 12.8. The second-order valence-corrected chi connectivity index (χ2v) is 8.98. The summed E-state index contributed by atoms with van der Waals surface area (Å²) in [4.78, 5) is 35.7. The third kappa shape index (κ3) is 6.02. The van der Waals surface area contributed by atoms with E-state index in [2.05, 4.69) is 15.9 Å². The normalized spacial score (nSPS) is 20.8. The van der Waals surface area contributed by atoms with Crippen molar-refractivity contribution in [3.8, 4) is 0 Å². The number of urea groups is 1. The molecule has 1 radical (unpaired) electrons. The van der Waals surface area contributed by atoms with E-state index in [0.29, 0.717) is 17.9 Å². The van der Waals surface area contributed by atoms with E-state index in [1.165, 1.54) is 0 Å². The average molecular weight is 405 g/mol. The number of hydrogen-bond donors (Lipinski definition) is 2. The summed E-state index contributed by atoms with van der Waals surface area (Å²) in [6.45, 7) is 10.9. The second kappa shape index (κ2) is 9.16. The minimum atomic E-state index is -0.839. The lowest BCUT2D eigenvalue weighted by molar-refractivity contribution is -0.290. The van der Waals surface area contributed by atoms with E-state index in [-0.39, 0.29) is 30.3 Å². The first-order valence-corrected chi connectivity index (χ1v) is 9.64. The van der Waals surface area contributed by atoms with Gasteiger partial charge in [0.2, 0.25) is 5.91 Å². The zero-order valence-electron chi connectivity index (χ0n) is 16.9. The Morgan fingerprint density at radius 2 is 1.74 bits per heavy atom. The van der Waals surface area contributed by atoms with Gasteiger partial charge in [0.05, 0.1) is 11.8 Å². The molecule has 0 aromatic rings. The van der Waals surface area contributed by atoms with Crippen molar-refractivity contribution in [2.45, 2.75) is 77.5 Å². The molecule has 0 aliphatic carbocycles. The van der Waals surface area contributed by atoms with E-state index in [0.717, 1.165) is 5.06 Å². The quantitative estimate of drug-likeness (QED) is 0.385. The van der Waals surface area contributed by atoms with Gasteiger partial charge in [-0.1, -0.05) is 13.8 Å². The van der Waals surface area contributed by atoms with Crippen LogP contribution in [-0.4, -0.2) is 57.6 Å². The Balaban J connectivity index is 2.84. The third-order valence-electron chi connectivity index (χ3n) is 4.80. The van der Waals surface area contributed by atoms with Gasteiger partial charge in [-0.25, -0.2) is 4.79 Å². The Morgan fingerprint density at radius 3 is 2.15 bits per heavy atom. The van der Waals surface area contributed by atoms with E-state index in [1.807, 2.05) is 27.7 Å². The predicted molar refractivity (Wildman–Crippen MR) is 102 cm³/mol. The Labute approximate surface area is 165 Å². The first kappa shape index (κ1) is 23.6. The van der Waals surface area contributed by atoms with E-state index in [9.17, 15) is 19.7 Å². The molecular weight excluding hydrogens is 374 g/mol. The molecule has 9 nitrogen and oxygen atoms in total. The molecule has 0 bridgehead atoms. The molecule has 1 heterocycles. The molecule has 27 heavy (non-hydrogen) atoms. The summed E-state index contributed by atoms with van der Waals surface area (Å²) in [6.07, 6.45) is 0.997. The highest BCUT2D eigenvalue weighted by atomic mass is 35.5. The first-order valence-electron chi connectivity index (χ1n) is 9.11. The number of amides is 3. The SMILES string of the molecule is CC(C)[C@H](NC(=O)N(CCCl)N=O)C(=O)NC1CC(C)(C)N([O])C(C)(C)C1. The number of halogens is 1. The van der Waals surface area contributed by atoms with Crippen LogP contribution in [0, 0.1) is 10.8 Å². The molecule has 155 valence electrons. The van der Waals surface area contributed by atoms with Crippen LogP contribution >= 0.6 is 11.6 Å². The molecule has 0 aromatic heterocycles. The molecule has 0 spiro atoms. The highest BCUT2D eigenvalue weighted by molar-refractivity contribution is 6.18. The van der Waals surface area contributed by atoms with Gasteiger partial charge in [-0.3, -0.25) is 4.79 Å². The van der Waals surface area contributed by atoms with Gasteiger partial charge in [-0.05, 0) is 46.5 Å². The van der Waals surface area contributed by atoms with Gasteiger partial charge in [0.25, 0.3) is 0 Å². The van der Waals surface area contributed by atoms with Gasteiger partial charge in [-0.15, -0.1) is 26.8 Å². The first-order chi connectivity index (χ1) is 12.4. The molecule has 0 saturated carbocycles. The van der Waals surface area contributed by atoms with Crippen molar-refractivity contribution in [2.75, 3.05) is 12.4 Å². The number of nitrogens with zero attached hydrogens (tertiary/aromatic N) is 3. The molecular formula is C17H31ClN5O4. The summed E-state index contributed by atoms with van der Waals surface area (Å²) in [7, 11) is 0. The standard InChI is InChI=1S/C17H31ClN5O4/c1-11(2)13(20-15(25)22(21-26)8-7-18)14(24)19-12-9-16(3,4)23(27)17(5,6)10-12/h11-13H,7-10H2,1-6H3,(H,19,24)(H,20,25)/t13-/m0/s1. The maximum Gasteiger partial charge on any atom is 0.341 e. The average Bonchev–Trinajstić information content (AvgIpc) is 2.54. The van der Waals surface area contributed by atoms with E-state index in [1.54, 1.807) is 13.8 Å². The molecule has 1 aliphatic heterocycles. The fourth-order valence-electron chi connectivity index (χ4n) is 3.66. The number of carbonyl (C=O) groups excluding carboxylic acids is 2. The number of carbonyl (C=O) groups is 2. The minimum Gasteiger partial charge on any atom is -0.351 e. The van der Waals surface area contributed by atoms with Crippen LogP contribution in [0.2, 0.25) is 0 Å². The molecule has 3 amide bonds. The number of alkyl halides is 1. The number of rotatable bonds is 7. The number of nitrogens with one attached hydrogen (secondary N) is 2. The van der Waals surface area contributed by atoms with Crippen molar-refractivity contribution in [1.29, 1.82) is 0 Å². The fourth-order valence-corrected chi connectivity index (χ4v) is 3.82. The second-order valence-electron chi connectivity index (χ2n) is 8.60. The maximum absolute atomic E-state index is 12.8. The molecule has 0 unspecified atom stereocenters. The summed E-state index contributed by atoms with van der Waals surface area (Å²) in [6, 6.07) is -1.81. The van der Waals surface area contributed by atoms with Crippen LogP contribution in [0.25, 0.3) is 0 Å². The zero-order valence-corrected chi connectivity index (χ0v) is 17.7. The summed E-state index contributed by atoms with van der Waals surface area (Å²) in [5, 5.41) is 22.3. The van der Waals surface area contributed by atoms with Gasteiger partial charge in [0, 0.05) is 23.0 Å². The van der Waals surface area contributed by atoms with E-state index >= 15 is 0 Å². The smallest absolute Gasteiger partial charge is 0.341 e. The Kier molecular flexibility index (Phi) is 8.00. The number of hydroxylamine groups is 2. The van der Waals surface area contributed by atoms with Crippen LogP contribution in [0.15, 0.2) is 5.29 Å². The predicted octanol–water partition coefficient (Wildman–Crippen LogP) is 2.43. The molecule has 1 fully saturated rings. The zero-order chi connectivity index (χ0) is 21.0. The third-order valence-corrected chi connectivity index (χ3v) is 4.96. The summed E-state index contributed by atoms with van der Waals surface area (Å²) in [5.74, 6) is -0.514. The topological polar surface area (TPSA) is 114 Å². The van der Waals surface area contributed by atoms with E-state index < -0.39 is 23.2 Å². The number of hydrogen-bond acceptors (Lipinski definition) is 5. The monoisotopic (exact) mass is 404 g/mol. The van der Waals surface area contributed by atoms with Gasteiger partial charge < -0.3 is 10.6 Å². The summed E-state index contributed by atoms with van der Waals surface area (Å²) < 4.78 is 0. The van der Waals surface area contributed by atoms with Gasteiger partial charge >= 0.3 is 6.03 Å². The van der Waals surface area contributed by atoms with Gasteiger partial charge in [-0.2, -0.15) is 5.01 Å². The highest BCUT2D eigenvalue weighted by Crippen LogP contribution is 2.37. The molecule has 10 heteroatoms. The van der Waals surface area contributed by atoms with Crippen LogP contribution in [0.1, 0.15) is 54.4 Å². The van der Waals surface area contributed by atoms with Crippen LogP contribution in [-0.2, 0) is 10.0 Å². The van der Waals surface area contributed by atoms with Crippen molar-refractivity contribution >= 4 is 23.5 Å². The van der Waals surface area contributed by atoms with Gasteiger partial charge in [0.1, 0.15) is 6.04 Å². The molecule has 2 N–H and O–H groups in total. The van der Waals surface area contributed by atoms with Crippen LogP contribution in [0.5, 0.6) is 0 Å². The highest BCUT2D eigenvalue weighted by Gasteiger charge is 2.46. The van der Waals surface area contributed by atoms with Crippen molar-refractivity contribution in [3.63, 3.8) is 0 Å². The van der Waals surface area contributed by atoms with Crippen molar-refractivity contribution in [1.82, 2.24) is 20.7 Å². The lowest BCUT2D eigenvalue weighted by Crippen LogP contribution is -2.64. The van der Waals surface area contributed by atoms with E-state index in [4.69, 9.17) is 11.6 Å². The summed E-state index contributed by atoms with van der Waals surface area (Å²) in [5.41, 5.74) is -1.23. The fraction of sp³-hybridized carbons (Fsp3) is 0.882. The number of nitroso groups, excluding NO2 is 1. The molecule has 1 rings (SSSR count). The number of piperidine rings is 1. The Hall–Kier alpha value is -1.45. The van der Waals surface area contributed by atoms with Crippen LogP contribution in [0.3, 0.4) is 0 Å². The van der Waals surface area contributed by atoms with Crippen molar-refractivity contribution in [3.05, 3.63) is 4.91 Å². The lowest BCUT2D eigenvalue weighted by atomic mass is 9.79. The summed E-state index contributed by atoms with van der Waals surface area (Å²) >= 11 is 5.55. The molecule has 1 saturated heterocycles. The Bertz CT molecular complexity index is 537. The lowest BCUT2D eigenvalue weighted by Gasteiger charge is -2.50. The minimum absolute atomic E-state index is 0.0480. The van der Waals surface area contributed by atoms with Crippen molar-refractivity contribution < 1.29 is 14.8 Å². The van der Waals surface area contributed by atoms with Gasteiger partial charge in [0.15, 0.2) is 0 Å². The molecule has 1 atom stereocenters. The van der Waals surface area contributed by atoms with Crippen LogP contribution in [0.4, 0.5) is 4.79 Å². The van der Waals surface area contributed by atoms with Crippen molar-refractivity contribution in [2.24, 2.45) is 11.2 Å².